The Hall–Kier alpha value is -0.950. The van der Waals surface area contributed by atoms with Crippen LogP contribution in [0.25, 0.3) is 0 Å². The van der Waals surface area contributed by atoms with Crippen LogP contribution in [0.2, 0.25) is 0 Å². The van der Waals surface area contributed by atoms with Gasteiger partial charge in [-0.05, 0) is 6.92 Å². The Labute approximate surface area is 89.6 Å². The van der Waals surface area contributed by atoms with Crippen molar-refractivity contribution in [3.8, 4) is 0 Å². The van der Waals surface area contributed by atoms with Crippen molar-refractivity contribution in [1.82, 2.24) is 20.3 Å². The van der Waals surface area contributed by atoms with Crippen LogP contribution >= 0.6 is 0 Å². The van der Waals surface area contributed by atoms with Gasteiger partial charge in [0.25, 0.3) is 0 Å². The summed E-state index contributed by atoms with van der Waals surface area (Å²) in [5.41, 5.74) is 0.926. The quantitative estimate of drug-likeness (QED) is 0.729. The summed E-state index contributed by atoms with van der Waals surface area (Å²) in [5.74, 6) is 0.137. The van der Waals surface area contributed by atoms with E-state index in [4.69, 9.17) is 0 Å². The van der Waals surface area contributed by atoms with Crippen LogP contribution in [-0.4, -0.2) is 41.5 Å². The number of hydrogen-bond acceptors (Lipinski definition) is 5. The number of nitrogens with zero attached hydrogens (tertiary/aromatic N) is 3. The fraction of sp³-hybridized carbons (Fsp3) is 0.750. The fourth-order valence-electron chi connectivity index (χ4n) is 1.26. The SMILES string of the molecule is CC(CS(C)(=O)=O)NCc1cnnn1C. The first-order chi connectivity index (χ1) is 6.88. The van der Waals surface area contributed by atoms with Crippen LogP contribution in [0.4, 0.5) is 0 Å². The van der Waals surface area contributed by atoms with Crippen molar-refractivity contribution in [3.63, 3.8) is 0 Å². The highest BCUT2D eigenvalue weighted by Gasteiger charge is 2.10. The highest BCUT2D eigenvalue weighted by Crippen LogP contribution is 1.95. The number of rotatable bonds is 5. The maximum atomic E-state index is 11.0. The van der Waals surface area contributed by atoms with Crippen molar-refractivity contribution >= 4 is 9.84 Å². The van der Waals surface area contributed by atoms with E-state index in [1.54, 1.807) is 17.9 Å². The average Bonchev–Trinajstić information content (AvgIpc) is 2.44. The van der Waals surface area contributed by atoms with Crippen molar-refractivity contribution in [3.05, 3.63) is 11.9 Å². The first kappa shape index (κ1) is 12.1. The maximum Gasteiger partial charge on any atom is 0.148 e. The zero-order valence-electron chi connectivity index (χ0n) is 9.14. The molecule has 15 heavy (non-hydrogen) atoms. The van der Waals surface area contributed by atoms with Crippen LogP contribution in [0.3, 0.4) is 0 Å². The topological polar surface area (TPSA) is 76.9 Å². The molecule has 7 heteroatoms. The second-order valence-electron chi connectivity index (χ2n) is 3.72. The molecule has 86 valence electrons. The minimum absolute atomic E-state index is 0.0742. The Morgan fingerprint density at radius 2 is 2.27 bits per heavy atom. The molecule has 1 unspecified atom stereocenters. The molecule has 0 aromatic carbocycles. The van der Waals surface area contributed by atoms with Gasteiger partial charge in [-0.3, -0.25) is 4.68 Å². The van der Waals surface area contributed by atoms with Crippen LogP contribution in [-0.2, 0) is 23.4 Å². The summed E-state index contributed by atoms with van der Waals surface area (Å²) in [7, 11) is -1.13. The zero-order valence-corrected chi connectivity index (χ0v) is 9.95. The largest absolute Gasteiger partial charge is 0.308 e. The van der Waals surface area contributed by atoms with Gasteiger partial charge in [-0.25, -0.2) is 8.42 Å². The molecule has 1 atom stereocenters. The number of aromatic nitrogens is 3. The molecule has 6 nitrogen and oxygen atoms in total. The van der Waals surface area contributed by atoms with Gasteiger partial charge in [0.1, 0.15) is 9.84 Å². The monoisotopic (exact) mass is 232 g/mol. The molecule has 0 fully saturated rings. The highest BCUT2D eigenvalue weighted by atomic mass is 32.2. The Morgan fingerprint density at radius 1 is 1.60 bits per heavy atom. The highest BCUT2D eigenvalue weighted by molar-refractivity contribution is 7.90. The number of hydrogen-bond donors (Lipinski definition) is 1. The smallest absolute Gasteiger partial charge is 0.148 e. The first-order valence-electron chi connectivity index (χ1n) is 4.63. The van der Waals surface area contributed by atoms with E-state index in [2.05, 4.69) is 15.6 Å². The van der Waals surface area contributed by atoms with Crippen LogP contribution < -0.4 is 5.32 Å². The van der Waals surface area contributed by atoms with E-state index < -0.39 is 9.84 Å². The van der Waals surface area contributed by atoms with E-state index in [0.29, 0.717) is 6.54 Å². The van der Waals surface area contributed by atoms with Crippen molar-refractivity contribution in [2.75, 3.05) is 12.0 Å². The molecule has 1 aromatic heterocycles. The molecule has 0 saturated heterocycles. The van der Waals surface area contributed by atoms with Gasteiger partial charge >= 0.3 is 0 Å². The lowest BCUT2D eigenvalue weighted by Crippen LogP contribution is -2.32. The zero-order chi connectivity index (χ0) is 11.5. The Balaban J connectivity index is 2.41. The summed E-state index contributed by atoms with van der Waals surface area (Å²) in [5, 5.41) is 10.6. The Bertz CT molecular complexity index is 412. The third-order valence-electron chi connectivity index (χ3n) is 1.99. The van der Waals surface area contributed by atoms with E-state index in [9.17, 15) is 8.42 Å². The van der Waals surface area contributed by atoms with Crippen molar-refractivity contribution < 1.29 is 8.42 Å². The third-order valence-corrected chi connectivity index (χ3v) is 3.10. The molecule has 0 amide bonds. The van der Waals surface area contributed by atoms with Crippen LogP contribution in [0, 0.1) is 0 Å². The molecular formula is C8H16N4O2S. The first-order valence-corrected chi connectivity index (χ1v) is 6.69. The fourth-order valence-corrected chi connectivity index (χ4v) is 2.29. The van der Waals surface area contributed by atoms with Gasteiger partial charge in [-0.15, -0.1) is 5.10 Å². The summed E-state index contributed by atoms with van der Waals surface area (Å²) >= 11 is 0. The van der Waals surface area contributed by atoms with Gasteiger partial charge in [0, 0.05) is 25.9 Å². The lowest BCUT2D eigenvalue weighted by Gasteiger charge is -2.11. The molecule has 0 aliphatic rings. The lowest BCUT2D eigenvalue weighted by molar-refractivity contribution is 0.543. The molecule has 1 N–H and O–H groups in total. The van der Waals surface area contributed by atoms with E-state index in [-0.39, 0.29) is 11.8 Å². The van der Waals surface area contributed by atoms with E-state index in [0.717, 1.165) is 5.69 Å². The van der Waals surface area contributed by atoms with Crippen molar-refractivity contribution in [2.24, 2.45) is 7.05 Å². The van der Waals surface area contributed by atoms with E-state index in [1.165, 1.54) is 6.26 Å². The second-order valence-corrected chi connectivity index (χ2v) is 5.91. The van der Waals surface area contributed by atoms with Gasteiger partial charge in [-0.1, -0.05) is 5.21 Å². The Kier molecular flexibility index (Phi) is 3.81. The molecule has 1 aromatic rings. The molecule has 0 aliphatic carbocycles. The molecule has 0 aliphatic heterocycles. The van der Waals surface area contributed by atoms with E-state index in [1.807, 2.05) is 6.92 Å². The predicted molar refractivity (Wildman–Crippen MR) is 57.0 cm³/mol. The summed E-state index contributed by atoms with van der Waals surface area (Å²) in [6.07, 6.45) is 2.89. The molecule has 1 rings (SSSR count). The number of sulfone groups is 1. The molecular weight excluding hydrogens is 216 g/mol. The average molecular weight is 232 g/mol. The standard InChI is InChI=1S/C8H16N4O2S/c1-7(6-15(3,13)14)9-4-8-5-10-11-12(8)2/h5,7,9H,4,6H2,1-3H3. The minimum Gasteiger partial charge on any atom is -0.308 e. The lowest BCUT2D eigenvalue weighted by atomic mass is 10.3. The van der Waals surface area contributed by atoms with Gasteiger partial charge in [0.15, 0.2) is 0 Å². The minimum atomic E-state index is -2.93. The summed E-state index contributed by atoms with van der Waals surface area (Å²) in [6, 6.07) is -0.0742. The number of aryl methyl sites for hydroxylation is 1. The van der Waals surface area contributed by atoms with Crippen LogP contribution in [0.15, 0.2) is 6.20 Å². The summed E-state index contributed by atoms with van der Waals surface area (Å²) in [6.45, 7) is 2.41. The molecule has 0 spiro atoms. The van der Waals surface area contributed by atoms with Crippen LogP contribution in [0.1, 0.15) is 12.6 Å². The van der Waals surface area contributed by atoms with Crippen molar-refractivity contribution in [1.29, 1.82) is 0 Å². The van der Waals surface area contributed by atoms with Crippen molar-refractivity contribution in [2.45, 2.75) is 19.5 Å². The summed E-state index contributed by atoms with van der Waals surface area (Å²) < 4.78 is 23.7. The predicted octanol–water partition coefficient (Wildman–Crippen LogP) is -0.662. The third kappa shape index (κ3) is 4.39. The second kappa shape index (κ2) is 4.71. The molecule has 0 bridgehead atoms. The normalized spacial score (nSPS) is 14.1. The van der Waals surface area contributed by atoms with E-state index >= 15 is 0 Å². The van der Waals surface area contributed by atoms with Crippen LogP contribution in [0.5, 0.6) is 0 Å². The molecule has 1 heterocycles. The molecule has 0 radical (unpaired) electrons. The van der Waals surface area contributed by atoms with Gasteiger partial charge in [0.05, 0.1) is 17.6 Å². The number of nitrogens with one attached hydrogen (secondary N) is 1. The molecule has 0 saturated carbocycles. The Morgan fingerprint density at radius 3 is 2.73 bits per heavy atom. The maximum absolute atomic E-state index is 11.0. The van der Waals surface area contributed by atoms with Gasteiger partial charge in [-0.2, -0.15) is 0 Å². The van der Waals surface area contributed by atoms with Gasteiger partial charge in [0.2, 0.25) is 0 Å². The summed E-state index contributed by atoms with van der Waals surface area (Å²) in [4.78, 5) is 0. The van der Waals surface area contributed by atoms with Gasteiger partial charge < -0.3 is 5.32 Å².